The third-order valence-electron chi connectivity index (χ3n) is 3.63. The van der Waals surface area contributed by atoms with Crippen LogP contribution in [0.1, 0.15) is 29.3 Å². The molecule has 2 aromatic heterocycles. The molecule has 126 valence electrons. The highest BCUT2D eigenvalue weighted by molar-refractivity contribution is 7.16. The van der Waals surface area contributed by atoms with Crippen LogP contribution in [0.15, 0.2) is 18.2 Å². The second kappa shape index (κ2) is 6.60. The van der Waals surface area contributed by atoms with Gasteiger partial charge in [-0.2, -0.15) is 9.61 Å². The molecule has 0 aliphatic carbocycles. The molecular weight excluding hydrogens is 326 g/mol. The Kier molecular flexibility index (Phi) is 4.53. The maximum atomic E-state index is 11.6. The smallest absolute Gasteiger partial charge is 0.213 e. The van der Waals surface area contributed by atoms with Crippen molar-refractivity contribution in [1.82, 2.24) is 14.6 Å². The van der Waals surface area contributed by atoms with Crippen molar-refractivity contribution in [2.24, 2.45) is 5.92 Å². The molecule has 3 rings (SSSR count). The van der Waals surface area contributed by atoms with Gasteiger partial charge < -0.3 is 9.47 Å². The first-order valence-corrected chi connectivity index (χ1v) is 8.45. The van der Waals surface area contributed by atoms with Crippen LogP contribution in [0.2, 0.25) is 0 Å². The van der Waals surface area contributed by atoms with Gasteiger partial charge in [-0.15, -0.1) is 0 Å². The summed E-state index contributed by atoms with van der Waals surface area (Å²) in [5, 5.41) is 5.51. The van der Waals surface area contributed by atoms with Crippen molar-refractivity contribution >= 4 is 22.6 Å². The Bertz CT molecular complexity index is 883. The third kappa shape index (κ3) is 2.87. The van der Waals surface area contributed by atoms with Crippen molar-refractivity contribution in [3.8, 4) is 22.8 Å². The van der Waals surface area contributed by atoms with E-state index < -0.39 is 0 Å². The molecule has 0 N–H and O–H groups in total. The van der Waals surface area contributed by atoms with Crippen LogP contribution in [-0.2, 0) is 6.42 Å². The predicted octanol–water partition coefficient (Wildman–Crippen LogP) is 3.49. The maximum Gasteiger partial charge on any atom is 0.213 e. The van der Waals surface area contributed by atoms with Crippen molar-refractivity contribution < 1.29 is 14.3 Å². The Morgan fingerprint density at radius 1 is 1.25 bits per heavy atom. The minimum Gasteiger partial charge on any atom is -0.493 e. The average Bonchev–Trinajstić information content (AvgIpc) is 3.10. The molecule has 2 heterocycles. The third-order valence-corrected chi connectivity index (χ3v) is 4.56. The molecule has 0 aliphatic heterocycles. The molecule has 0 radical (unpaired) electrons. The lowest BCUT2D eigenvalue weighted by molar-refractivity contribution is 0.111. The highest BCUT2D eigenvalue weighted by atomic mass is 32.1. The number of aromatic nitrogens is 3. The zero-order chi connectivity index (χ0) is 17.3. The standard InChI is InChI=1S/C17H19N3O3S/c1-10(2)7-15-19-20-12(9-21)16(18-17(20)24-15)11-5-6-13(22-3)14(8-11)23-4/h5-6,8-10H,7H2,1-4H3. The Balaban J connectivity index is 2.09. The van der Waals surface area contributed by atoms with Gasteiger partial charge in [-0.1, -0.05) is 25.2 Å². The number of ether oxygens (including phenoxy) is 2. The van der Waals surface area contributed by atoms with E-state index in [1.54, 1.807) is 24.8 Å². The van der Waals surface area contributed by atoms with E-state index in [4.69, 9.17) is 9.47 Å². The van der Waals surface area contributed by atoms with Gasteiger partial charge in [-0.25, -0.2) is 4.98 Å². The van der Waals surface area contributed by atoms with E-state index in [1.165, 1.54) is 11.3 Å². The number of benzene rings is 1. The number of carbonyl (C=O) groups excluding carboxylic acids is 1. The molecule has 0 spiro atoms. The lowest BCUT2D eigenvalue weighted by Gasteiger charge is -2.08. The van der Waals surface area contributed by atoms with Crippen LogP contribution < -0.4 is 9.47 Å². The summed E-state index contributed by atoms with van der Waals surface area (Å²) < 4.78 is 12.2. The van der Waals surface area contributed by atoms with Crippen LogP contribution >= 0.6 is 11.3 Å². The minimum absolute atomic E-state index is 0.448. The fourth-order valence-electron chi connectivity index (χ4n) is 2.54. The summed E-state index contributed by atoms with van der Waals surface area (Å²) >= 11 is 1.51. The molecule has 0 aliphatic rings. The van der Waals surface area contributed by atoms with E-state index in [1.807, 2.05) is 12.1 Å². The van der Waals surface area contributed by atoms with Crippen LogP contribution in [0, 0.1) is 5.92 Å². The first-order valence-electron chi connectivity index (χ1n) is 7.63. The minimum atomic E-state index is 0.448. The summed E-state index contributed by atoms with van der Waals surface area (Å²) in [7, 11) is 3.16. The molecule has 6 nitrogen and oxygen atoms in total. The molecule has 3 aromatic rings. The Morgan fingerprint density at radius 3 is 2.62 bits per heavy atom. The highest BCUT2D eigenvalue weighted by Crippen LogP contribution is 2.34. The number of rotatable bonds is 6. The molecule has 0 bridgehead atoms. The van der Waals surface area contributed by atoms with Gasteiger partial charge in [-0.05, 0) is 24.1 Å². The summed E-state index contributed by atoms with van der Waals surface area (Å²) in [5.74, 6) is 1.73. The van der Waals surface area contributed by atoms with Gasteiger partial charge in [0, 0.05) is 12.0 Å². The Labute approximate surface area is 144 Å². The first kappa shape index (κ1) is 16.4. The molecule has 0 amide bonds. The van der Waals surface area contributed by atoms with Crippen molar-refractivity contribution in [3.05, 3.63) is 28.9 Å². The van der Waals surface area contributed by atoms with Crippen LogP contribution in [0.25, 0.3) is 16.2 Å². The number of carbonyl (C=O) groups is 1. The molecule has 0 unspecified atom stereocenters. The van der Waals surface area contributed by atoms with Crippen LogP contribution in [0.4, 0.5) is 0 Å². The van der Waals surface area contributed by atoms with E-state index in [-0.39, 0.29) is 0 Å². The lowest BCUT2D eigenvalue weighted by Crippen LogP contribution is -1.98. The van der Waals surface area contributed by atoms with Crippen molar-refractivity contribution in [2.45, 2.75) is 20.3 Å². The summed E-state index contributed by atoms with van der Waals surface area (Å²) in [6, 6.07) is 5.47. The molecule has 7 heteroatoms. The fraction of sp³-hybridized carbons (Fsp3) is 0.353. The quantitative estimate of drug-likeness (QED) is 0.640. The normalized spacial score (nSPS) is 11.2. The van der Waals surface area contributed by atoms with Gasteiger partial charge in [0.05, 0.1) is 14.2 Å². The summed E-state index contributed by atoms with van der Waals surface area (Å²) in [4.78, 5) is 17.0. The molecular formula is C17H19N3O3S. The molecule has 0 fully saturated rings. The second-order valence-corrected chi connectivity index (χ2v) is 6.86. The van der Waals surface area contributed by atoms with E-state index in [9.17, 15) is 4.79 Å². The van der Waals surface area contributed by atoms with Crippen molar-refractivity contribution in [1.29, 1.82) is 0 Å². The summed E-state index contributed by atoms with van der Waals surface area (Å²) in [5.41, 5.74) is 1.84. The average molecular weight is 345 g/mol. The zero-order valence-corrected chi connectivity index (χ0v) is 14.9. The first-order chi connectivity index (χ1) is 11.6. The number of hydrogen-bond acceptors (Lipinski definition) is 6. The van der Waals surface area contributed by atoms with E-state index in [0.29, 0.717) is 28.8 Å². The van der Waals surface area contributed by atoms with E-state index in [0.717, 1.165) is 28.2 Å². The molecule has 0 atom stereocenters. The van der Waals surface area contributed by atoms with Gasteiger partial charge >= 0.3 is 0 Å². The van der Waals surface area contributed by atoms with Crippen LogP contribution in [-0.4, -0.2) is 35.1 Å². The Hall–Kier alpha value is -2.41. The van der Waals surface area contributed by atoms with Crippen molar-refractivity contribution in [2.75, 3.05) is 14.2 Å². The second-order valence-electron chi connectivity index (χ2n) is 5.82. The number of hydrogen-bond donors (Lipinski definition) is 0. The van der Waals surface area contributed by atoms with Gasteiger partial charge in [-0.3, -0.25) is 4.79 Å². The SMILES string of the molecule is COc1ccc(-c2nc3sc(CC(C)C)nn3c2C=O)cc1OC. The topological polar surface area (TPSA) is 65.7 Å². The monoisotopic (exact) mass is 345 g/mol. The number of aldehydes is 1. The van der Waals surface area contributed by atoms with E-state index in [2.05, 4.69) is 23.9 Å². The van der Waals surface area contributed by atoms with Gasteiger partial charge in [0.1, 0.15) is 16.4 Å². The molecule has 1 aromatic carbocycles. The fourth-order valence-corrected chi connectivity index (χ4v) is 3.65. The van der Waals surface area contributed by atoms with Gasteiger partial charge in [0.15, 0.2) is 17.8 Å². The number of methoxy groups -OCH3 is 2. The summed E-state index contributed by atoms with van der Waals surface area (Å²) in [6.45, 7) is 4.28. The van der Waals surface area contributed by atoms with Gasteiger partial charge in [0.2, 0.25) is 4.96 Å². The van der Waals surface area contributed by atoms with E-state index >= 15 is 0 Å². The Morgan fingerprint density at radius 2 is 2.00 bits per heavy atom. The largest absolute Gasteiger partial charge is 0.493 e. The molecule has 0 saturated heterocycles. The van der Waals surface area contributed by atoms with Crippen LogP contribution in [0.5, 0.6) is 11.5 Å². The lowest BCUT2D eigenvalue weighted by atomic mass is 10.1. The molecule has 0 saturated carbocycles. The van der Waals surface area contributed by atoms with Gasteiger partial charge in [0.25, 0.3) is 0 Å². The number of imidazole rings is 1. The number of fused-ring (bicyclic) bond motifs is 1. The maximum absolute atomic E-state index is 11.6. The molecule has 24 heavy (non-hydrogen) atoms. The predicted molar refractivity (Wildman–Crippen MR) is 93.3 cm³/mol. The zero-order valence-electron chi connectivity index (χ0n) is 14.1. The van der Waals surface area contributed by atoms with Crippen LogP contribution in [0.3, 0.4) is 0 Å². The van der Waals surface area contributed by atoms with Crippen molar-refractivity contribution in [3.63, 3.8) is 0 Å². The summed E-state index contributed by atoms with van der Waals surface area (Å²) in [6.07, 6.45) is 1.67. The highest BCUT2D eigenvalue weighted by Gasteiger charge is 2.19. The number of nitrogens with zero attached hydrogens (tertiary/aromatic N) is 3.